The molecule has 0 atom stereocenters. The molecular weight excluding hydrogens is 168 g/mol. The third kappa shape index (κ3) is 1.64. The smallest absolute Gasteiger partial charge is 0.220 e. The summed E-state index contributed by atoms with van der Waals surface area (Å²) in [6.07, 6.45) is 3.46. The highest BCUT2D eigenvalue weighted by atomic mass is 32.1. The molecule has 1 fully saturated rings. The minimum absolute atomic E-state index is 0.577. The molecule has 0 radical (unpaired) electrons. The number of thiazole rings is 1. The summed E-state index contributed by atoms with van der Waals surface area (Å²) >= 11 is 1.76. The standard InChI is InChI=1S/C9H10N2S/c1-10-5-4-8-6-12-9(11-8)7-2-3-7/h6-7H,2-5H2. The number of hydrogen-bond acceptors (Lipinski definition) is 2. The molecule has 12 heavy (non-hydrogen) atoms. The van der Waals surface area contributed by atoms with Crippen molar-refractivity contribution in [2.75, 3.05) is 6.54 Å². The van der Waals surface area contributed by atoms with Crippen molar-refractivity contribution >= 4 is 11.3 Å². The molecule has 1 aliphatic carbocycles. The van der Waals surface area contributed by atoms with E-state index in [0.717, 1.165) is 18.0 Å². The van der Waals surface area contributed by atoms with Crippen molar-refractivity contribution < 1.29 is 0 Å². The van der Waals surface area contributed by atoms with E-state index >= 15 is 0 Å². The van der Waals surface area contributed by atoms with E-state index in [1.54, 1.807) is 11.3 Å². The van der Waals surface area contributed by atoms with Crippen LogP contribution in [-0.4, -0.2) is 11.5 Å². The molecule has 2 rings (SSSR count). The lowest BCUT2D eigenvalue weighted by atomic mass is 10.3. The van der Waals surface area contributed by atoms with Crippen LogP contribution in [0.3, 0.4) is 0 Å². The van der Waals surface area contributed by atoms with Crippen molar-refractivity contribution in [1.29, 1.82) is 0 Å². The van der Waals surface area contributed by atoms with Crippen LogP contribution < -0.4 is 0 Å². The Morgan fingerprint density at radius 1 is 1.67 bits per heavy atom. The molecule has 0 amide bonds. The second kappa shape index (κ2) is 3.24. The summed E-state index contributed by atoms with van der Waals surface area (Å²) in [7, 11) is 0. The summed E-state index contributed by atoms with van der Waals surface area (Å²) in [6.45, 7) is 7.23. The minimum Gasteiger partial charge on any atom is -0.317 e. The van der Waals surface area contributed by atoms with E-state index in [1.165, 1.54) is 17.8 Å². The normalized spacial score (nSPS) is 15.9. The van der Waals surface area contributed by atoms with Gasteiger partial charge in [0.2, 0.25) is 6.54 Å². The molecule has 0 N–H and O–H groups in total. The van der Waals surface area contributed by atoms with Gasteiger partial charge < -0.3 is 4.85 Å². The van der Waals surface area contributed by atoms with Crippen LogP contribution in [0.25, 0.3) is 4.85 Å². The fourth-order valence-electron chi connectivity index (χ4n) is 1.13. The number of aromatic nitrogens is 1. The first-order valence-electron chi connectivity index (χ1n) is 4.17. The van der Waals surface area contributed by atoms with Gasteiger partial charge in [-0.15, -0.1) is 11.3 Å². The summed E-state index contributed by atoms with van der Waals surface area (Å²) in [4.78, 5) is 7.80. The van der Waals surface area contributed by atoms with Gasteiger partial charge in [0.05, 0.1) is 17.1 Å². The van der Waals surface area contributed by atoms with Crippen LogP contribution in [0.5, 0.6) is 0 Å². The van der Waals surface area contributed by atoms with Crippen LogP contribution in [0.15, 0.2) is 5.38 Å². The first-order chi connectivity index (χ1) is 5.90. The van der Waals surface area contributed by atoms with Crippen LogP contribution >= 0.6 is 11.3 Å². The SMILES string of the molecule is [C-]#[N+]CCc1csc(C2CC2)n1. The summed E-state index contributed by atoms with van der Waals surface area (Å²) in [6, 6.07) is 0. The van der Waals surface area contributed by atoms with E-state index in [-0.39, 0.29) is 0 Å². The molecule has 0 aliphatic heterocycles. The summed E-state index contributed by atoms with van der Waals surface area (Å²) in [5.41, 5.74) is 1.11. The lowest BCUT2D eigenvalue weighted by Gasteiger charge is -1.86. The molecule has 0 bridgehead atoms. The highest BCUT2D eigenvalue weighted by molar-refractivity contribution is 7.09. The van der Waals surface area contributed by atoms with Crippen LogP contribution in [0.2, 0.25) is 0 Å². The molecule has 1 aromatic rings. The van der Waals surface area contributed by atoms with E-state index in [9.17, 15) is 0 Å². The average Bonchev–Trinajstić information content (AvgIpc) is 2.83. The molecule has 2 nitrogen and oxygen atoms in total. The molecule has 0 saturated heterocycles. The summed E-state index contributed by atoms with van der Waals surface area (Å²) < 4.78 is 0. The maximum absolute atomic E-state index is 6.66. The first kappa shape index (κ1) is 7.75. The van der Waals surface area contributed by atoms with Crippen molar-refractivity contribution in [3.05, 3.63) is 27.5 Å². The Hall–Kier alpha value is -0.880. The van der Waals surface area contributed by atoms with Gasteiger partial charge in [0.15, 0.2) is 0 Å². The second-order valence-electron chi connectivity index (χ2n) is 3.08. The third-order valence-electron chi connectivity index (χ3n) is 1.98. The molecular formula is C9H10N2S. The van der Waals surface area contributed by atoms with Gasteiger partial charge in [-0.05, 0) is 12.8 Å². The van der Waals surface area contributed by atoms with Crippen molar-refractivity contribution in [2.45, 2.75) is 25.2 Å². The molecule has 0 unspecified atom stereocenters. The van der Waals surface area contributed by atoms with Gasteiger partial charge in [0.1, 0.15) is 0 Å². The molecule has 0 aromatic carbocycles. The zero-order valence-electron chi connectivity index (χ0n) is 6.79. The molecule has 1 saturated carbocycles. The fraction of sp³-hybridized carbons (Fsp3) is 0.556. The predicted octanol–water partition coefficient (Wildman–Crippen LogP) is 2.48. The lowest BCUT2D eigenvalue weighted by Crippen LogP contribution is -1.88. The summed E-state index contributed by atoms with van der Waals surface area (Å²) in [5.74, 6) is 0.761. The average molecular weight is 178 g/mol. The van der Waals surface area contributed by atoms with E-state index in [0.29, 0.717) is 6.54 Å². The molecule has 3 heteroatoms. The van der Waals surface area contributed by atoms with E-state index in [4.69, 9.17) is 6.57 Å². The summed E-state index contributed by atoms with van der Waals surface area (Å²) in [5, 5.41) is 3.38. The van der Waals surface area contributed by atoms with Crippen LogP contribution in [0.4, 0.5) is 0 Å². The van der Waals surface area contributed by atoms with Gasteiger partial charge >= 0.3 is 0 Å². The molecule has 1 aromatic heterocycles. The van der Waals surface area contributed by atoms with Gasteiger partial charge in [-0.3, -0.25) is 0 Å². The maximum atomic E-state index is 6.66. The van der Waals surface area contributed by atoms with Crippen molar-refractivity contribution in [3.8, 4) is 0 Å². The predicted molar refractivity (Wildman–Crippen MR) is 49.3 cm³/mol. The molecule has 1 heterocycles. The molecule has 1 aliphatic rings. The largest absolute Gasteiger partial charge is 0.317 e. The quantitative estimate of drug-likeness (QED) is 0.650. The van der Waals surface area contributed by atoms with Crippen molar-refractivity contribution in [1.82, 2.24) is 4.98 Å². The fourth-order valence-corrected chi connectivity index (χ4v) is 2.15. The van der Waals surface area contributed by atoms with Crippen molar-refractivity contribution in [2.24, 2.45) is 0 Å². The van der Waals surface area contributed by atoms with Gasteiger partial charge in [-0.25, -0.2) is 11.6 Å². The molecule has 62 valence electrons. The Labute approximate surface area is 76.1 Å². The second-order valence-corrected chi connectivity index (χ2v) is 3.97. The lowest BCUT2D eigenvalue weighted by molar-refractivity contribution is 0.975. The highest BCUT2D eigenvalue weighted by Crippen LogP contribution is 2.41. The van der Waals surface area contributed by atoms with Crippen molar-refractivity contribution in [3.63, 3.8) is 0 Å². The number of nitrogens with zero attached hydrogens (tertiary/aromatic N) is 2. The van der Waals surface area contributed by atoms with Crippen LogP contribution in [0.1, 0.15) is 29.5 Å². The minimum atomic E-state index is 0.577. The number of rotatable bonds is 3. The Morgan fingerprint density at radius 3 is 3.17 bits per heavy atom. The Morgan fingerprint density at radius 2 is 2.50 bits per heavy atom. The van der Waals surface area contributed by atoms with Gasteiger partial charge in [-0.2, -0.15) is 0 Å². The van der Waals surface area contributed by atoms with Gasteiger partial charge in [0, 0.05) is 11.3 Å². The Bertz CT molecular complexity index is 307. The Balaban J connectivity index is 1.99. The molecule has 0 spiro atoms. The maximum Gasteiger partial charge on any atom is 0.220 e. The van der Waals surface area contributed by atoms with E-state index in [1.807, 2.05) is 0 Å². The third-order valence-corrected chi connectivity index (χ3v) is 3.03. The zero-order valence-corrected chi connectivity index (χ0v) is 7.60. The highest BCUT2D eigenvalue weighted by Gasteiger charge is 2.26. The van der Waals surface area contributed by atoms with E-state index in [2.05, 4.69) is 15.2 Å². The topological polar surface area (TPSA) is 17.2 Å². The monoisotopic (exact) mass is 178 g/mol. The van der Waals surface area contributed by atoms with Crippen LogP contribution in [-0.2, 0) is 6.42 Å². The number of hydrogen-bond donors (Lipinski definition) is 0. The van der Waals surface area contributed by atoms with Gasteiger partial charge in [0.25, 0.3) is 0 Å². The van der Waals surface area contributed by atoms with Crippen LogP contribution in [0, 0.1) is 6.57 Å². The zero-order chi connectivity index (χ0) is 8.39. The van der Waals surface area contributed by atoms with E-state index < -0.39 is 0 Å². The first-order valence-corrected chi connectivity index (χ1v) is 5.05. The Kier molecular flexibility index (Phi) is 2.09. The van der Waals surface area contributed by atoms with Gasteiger partial charge in [-0.1, -0.05) is 0 Å².